The van der Waals surface area contributed by atoms with Crippen LogP contribution in [-0.2, 0) is 0 Å². The van der Waals surface area contributed by atoms with Crippen LogP contribution in [0.1, 0.15) is 20.3 Å². The number of anilines is 1. The molecule has 0 fully saturated rings. The van der Waals surface area contributed by atoms with E-state index in [0.717, 1.165) is 35.3 Å². The molecule has 1 heterocycles. The molecule has 1 unspecified atom stereocenters. The van der Waals surface area contributed by atoms with Gasteiger partial charge in [0.05, 0.1) is 23.9 Å². The van der Waals surface area contributed by atoms with E-state index in [1.165, 1.54) is 0 Å². The molecule has 25 heavy (non-hydrogen) atoms. The number of hydrogen-bond acceptors (Lipinski definition) is 5. The highest BCUT2D eigenvalue weighted by Crippen LogP contribution is 2.28. The first-order valence-electron chi connectivity index (χ1n) is 8.03. The fourth-order valence-electron chi connectivity index (χ4n) is 2.80. The van der Waals surface area contributed by atoms with E-state index < -0.39 is 5.60 Å². The van der Waals surface area contributed by atoms with Crippen molar-refractivity contribution in [1.29, 1.82) is 0 Å². The van der Waals surface area contributed by atoms with Gasteiger partial charge >= 0.3 is 0 Å². The van der Waals surface area contributed by atoms with Gasteiger partial charge in [0.25, 0.3) is 0 Å². The average molecular weight is 390 g/mol. The number of hydrogen-bond donors (Lipinski definition) is 2. The highest BCUT2D eigenvalue weighted by molar-refractivity contribution is 5.91. The molecular weight excluding hydrogens is 361 g/mol. The van der Waals surface area contributed by atoms with Crippen molar-refractivity contribution in [2.24, 2.45) is 0 Å². The van der Waals surface area contributed by atoms with Crippen molar-refractivity contribution in [1.82, 2.24) is 9.88 Å². The monoisotopic (exact) mass is 389 g/mol. The number of aliphatic hydroxyl groups is 1. The Morgan fingerprint density at radius 1 is 1.32 bits per heavy atom. The van der Waals surface area contributed by atoms with E-state index in [0.29, 0.717) is 13.1 Å². The summed E-state index contributed by atoms with van der Waals surface area (Å²) in [5, 5.41) is 15.0. The summed E-state index contributed by atoms with van der Waals surface area (Å²) >= 11 is 0. The van der Waals surface area contributed by atoms with Gasteiger partial charge in [-0.05, 0) is 39.1 Å². The smallest absolute Gasteiger partial charge is 0.121 e. The number of nitrogens with one attached hydrogen (secondary N) is 1. The van der Waals surface area contributed by atoms with Crippen LogP contribution in [0.5, 0.6) is 5.75 Å². The lowest BCUT2D eigenvalue weighted by atomic mass is 10.1. The van der Waals surface area contributed by atoms with Crippen LogP contribution >= 0.6 is 24.8 Å². The number of benzene rings is 1. The molecule has 1 aromatic carbocycles. The van der Waals surface area contributed by atoms with Crippen LogP contribution in [0.25, 0.3) is 10.9 Å². The second kappa shape index (κ2) is 10.7. The molecule has 0 saturated heterocycles. The Hall–Kier alpha value is -1.27. The van der Waals surface area contributed by atoms with Crippen molar-refractivity contribution in [2.45, 2.75) is 25.9 Å². The lowest BCUT2D eigenvalue weighted by Gasteiger charge is -2.29. The number of aromatic nitrogens is 1. The summed E-state index contributed by atoms with van der Waals surface area (Å²) in [6, 6.07) is 7.78. The van der Waals surface area contributed by atoms with Gasteiger partial charge in [0, 0.05) is 30.7 Å². The first kappa shape index (κ1) is 23.7. The van der Waals surface area contributed by atoms with E-state index in [2.05, 4.69) is 22.1 Å². The van der Waals surface area contributed by atoms with Gasteiger partial charge in [0.2, 0.25) is 0 Å². The van der Waals surface area contributed by atoms with Gasteiger partial charge in [-0.25, -0.2) is 0 Å². The third-order valence-electron chi connectivity index (χ3n) is 3.79. The molecule has 5 nitrogen and oxygen atoms in total. The number of methoxy groups -OCH3 is 1. The van der Waals surface area contributed by atoms with Gasteiger partial charge in [0.15, 0.2) is 0 Å². The van der Waals surface area contributed by atoms with Gasteiger partial charge in [-0.2, -0.15) is 0 Å². The fourth-order valence-corrected chi connectivity index (χ4v) is 2.80. The summed E-state index contributed by atoms with van der Waals surface area (Å²) in [5.74, 6) is 0.774. The summed E-state index contributed by atoms with van der Waals surface area (Å²) in [6.45, 7) is 6.02. The molecule has 142 valence electrons. The van der Waals surface area contributed by atoms with Gasteiger partial charge in [-0.3, -0.25) is 4.98 Å². The molecule has 0 saturated carbocycles. The van der Waals surface area contributed by atoms with Crippen molar-refractivity contribution in [3.05, 3.63) is 30.5 Å². The molecule has 0 aliphatic carbocycles. The Kier molecular flexibility index (Phi) is 10.1. The predicted octanol–water partition coefficient (Wildman–Crippen LogP) is 3.59. The Morgan fingerprint density at radius 2 is 2.04 bits per heavy atom. The summed E-state index contributed by atoms with van der Waals surface area (Å²) in [5.41, 5.74) is 0.929. The number of likely N-dealkylation sites (N-methyl/N-ethyl adjacent to an activating group) is 1. The Bertz CT molecular complexity index is 653. The number of halogens is 2. The quantitative estimate of drug-likeness (QED) is 0.722. The van der Waals surface area contributed by atoms with Crippen LogP contribution in [0.15, 0.2) is 30.5 Å². The third kappa shape index (κ3) is 6.86. The van der Waals surface area contributed by atoms with E-state index in [1.54, 1.807) is 13.3 Å². The average Bonchev–Trinajstić information content (AvgIpc) is 2.52. The molecule has 7 heteroatoms. The summed E-state index contributed by atoms with van der Waals surface area (Å²) in [7, 11) is 3.68. The third-order valence-corrected chi connectivity index (χ3v) is 3.79. The molecule has 1 atom stereocenters. The normalized spacial score (nSPS) is 12.9. The molecule has 0 aliphatic rings. The van der Waals surface area contributed by atoms with Crippen LogP contribution < -0.4 is 10.1 Å². The maximum Gasteiger partial charge on any atom is 0.121 e. The van der Waals surface area contributed by atoms with Crippen LogP contribution in [0, 0.1) is 0 Å². The molecule has 2 rings (SSSR count). The predicted molar refractivity (Wildman–Crippen MR) is 110 cm³/mol. The molecule has 2 aromatic rings. The van der Waals surface area contributed by atoms with Crippen LogP contribution in [0.4, 0.5) is 5.69 Å². The first-order chi connectivity index (χ1) is 10.9. The molecule has 0 bridgehead atoms. The SMILES string of the molecule is CCCN(C)CC(C)(O)CNc1cc(OC)cc2cccnc12.Cl.Cl. The number of ether oxygens (including phenoxy) is 1. The fraction of sp³-hybridized carbons (Fsp3) is 0.500. The van der Waals surface area contributed by atoms with E-state index in [1.807, 2.05) is 38.2 Å². The zero-order valence-corrected chi connectivity index (χ0v) is 16.9. The minimum absolute atomic E-state index is 0. The summed E-state index contributed by atoms with van der Waals surface area (Å²) in [4.78, 5) is 6.58. The Balaban J connectivity index is 0.00000288. The van der Waals surface area contributed by atoms with Crippen molar-refractivity contribution in [3.63, 3.8) is 0 Å². The van der Waals surface area contributed by atoms with E-state index >= 15 is 0 Å². The maximum absolute atomic E-state index is 10.6. The summed E-state index contributed by atoms with van der Waals surface area (Å²) < 4.78 is 5.35. The van der Waals surface area contributed by atoms with Crippen molar-refractivity contribution >= 4 is 41.4 Å². The molecule has 0 amide bonds. The first-order valence-corrected chi connectivity index (χ1v) is 8.03. The van der Waals surface area contributed by atoms with Crippen molar-refractivity contribution in [3.8, 4) is 5.75 Å². The highest BCUT2D eigenvalue weighted by atomic mass is 35.5. The van der Waals surface area contributed by atoms with Gasteiger partial charge in [-0.1, -0.05) is 13.0 Å². The number of rotatable bonds is 8. The molecule has 0 spiro atoms. The van der Waals surface area contributed by atoms with Crippen molar-refractivity contribution < 1.29 is 9.84 Å². The number of fused-ring (bicyclic) bond motifs is 1. The topological polar surface area (TPSA) is 57.6 Å². The van der Waals surface area contributed by atoms with Crippen LogP contribution in [-0.4, -0.2) is 54.4 Å². The molecular formula is C18H29Cl2N3O2. The Morgan fingerprint density at radius 3 is 2.68 bits per heavy atom. The second-order valence-electron chi connectivity index (χ2n) is 6.34. The number of nitrogens with zero attached hydrogens (tertiary/aromatic N) is 2. The maximum atomic E-state index is 10.6. The standard InChI is InChI=1S/C18H27N3O2.2ClH/c1-5-9-21(3)13-18(2,22)12-20-16-11-15(23-4)10-14-7-6-8-19-17(14)16;;/h6-8,10-11,20,22H,5,9,12-13H2,1-4H3;2*1H. The number of pyridine rings is 1. The lowest BCUT2D eigenvalue weighted by Crippen LogP contribution is -2.44. The van der Waals surface area contributed by atoms with Gasteiger partial charge < -0.3 is 20.1 Å². The van der Waals surface area contributed by atoms with Crippen LogP contribution in [0.2, 0.25) is 0 Å². The summed E-state index contributed by atoms with van der Waals surface area (Å²) in [6.07, 6.45) is 2.84. The van der Waals surface area contributed by atoms with Gasteiger partial charge in [0.1, 0.15) is 5.75 Å². The molecule has 0 radical (unpaired) electrons. The largest absolute Gasteiger partial charge is 0.497 e. The Labute approximate surface area is 162 Å². The lowest BCUT2D eigenvalue weighted by molar-refractivity contribution is 0.0391. The molecule has 2 N–H and O–H groups in total. The molecule has 1 aromatic heterocycles. The van der Waals surface area contributed by atoms with Crippen molar-refractivity contribution in [2.75, 3.05) is 39.1 Å². The zero-order valence-electron chi connectivity index (χ0n) is 15.3. The second-order valence-corrected chi connectivity index (χ2v) is 6.34. The van der Waals surface area contributed by atoms with Crippen LogP contribution in [0.3, 0.4) is 0 Å². The highest BCUT2D eigenvalue weighted by Gasteiger charge is 2.22. The van der Waals surface area contributed by atoms with E-state index in [-0.39, 0.29) is 24.8 Å². The minimum Gasteiger partial charge on any atom is -0.497 e. The molecule has 0 aliphatic heterocycles. The minimum atomic E-state index is -0.825. The van der Waals surface area contributed by atoms with E-state index in [9.17, 15) is 5.11 Å². The zero-order chi connectivity index (χ0) is 16.9. The van der Waals surface area contributed by atoms with E-state index in [4.69, 9.17) is 4.74 Å². The van der Waals surface area contributed by atoms with Gasteiger partial charge in [-0.15, -0.1) is 24.8 Å².